The lowest BCUT2D eigenvalue weighted by Gasteiger charge is -2.16. The molecule has 2 N–H and O–H groups in total. The predicted molar refractivity (Wildman–Crippen MR) is 84.8 cm³/mol. The number of hydrogen-bond donors (Lipinski definition) is 1. The van der Waals surface area contributed by atoms with E-state index in [9.17, 15) is 0 Å². The normalized spacial score (nSPS) is 12.7. The second-order valence-corrected chi connectivity index (χ2v) is 5.63. The zero-order valence-electron chi connectivity index (χ0n) is 12.6. The van der Waals surface area contributed by atoms with Gasteiger partial charge in [0.1, 0.15) is 0 Å². The van der Waals surface area contributed by atoms with E-state index in [-0.39, 0.29) is 6.04 Å². The Labute approximate surface area is 122 Å². The van der Waals surface area contributed by atoms with Crippen molar-refractivity contribution in [3.8, 4) is 0 Å². The van der Waals surface area contributed by atoms with Crippen LogP contribution in [0.15, 0.2) is 42.7 Å². The molecular weight excluding hydrogens is 244 g/mol. The summed E-state index contributed by atoms with van der Waals surface area (Å²) in [5, 5.41) is 0. The number of nitrogens with two attached hydrogens (primary N) is 1. The molecule has 1 aromatic heterocycles. The van der Waals surface area contributed by atoms with Gasteiger partial charge in [-0.25, -0.2) is 0 Å². The van der Waals surface area contributed by atoms with E-state index < -0.39 is 0 Å². The first-order valence-corrected chi connectivity index (χ1v) is 7.39. The second kappa shape index (κ2) is 6.67. The van der Waals surface area contributed by atoms with Crippen molar-refractivity contribution < 1.29 is 0 Å². The molecule has 1 unspecified atom stereocenters. The van der Waals surface area contributed by atoms with Crippen molar-refractivity contribution >= 4 is 0 Å². The van der Waals surface area contributed by atoms with Gasteiger partial charge in [-0.3, -0.25) is 4.98 Å². The monoisotopic (exact) mass is 268 g/mol. The standard InChI is InChI=1S/C18H24N2/c1-4-15-12-20-10-9-17(15)18(19)11-14-5-7-16(8-6-14)13(2)3/h5-10,12-13,18H,4,11,19H2,1-3H3. The highest BCUT2D eigenvalue weighted by atomic mass is 14.7. The molecule has 0 aliphatic carbocycles. The third kappa shape index (κ3) is 3.45. The molecule has 1 atom stereocenters. The predicted octanol–water partition coefficient (Wildman–Crippen LogP) is 4.01. The Morgan fingerprint density at radius 1 is 1.10 bits per heavy atom. The minimum atomic E-state index is 0.0397. The van der Waals surface area contributed by atoms with E-state index in [1.54, 1.807) is 0 Å². The lowest BCUT2D eigenvalue weighted by Crippen LogP contribution is -2.15. The number of nitrogens with zero attached hydrogens (tertiary/aromatic N) is 1. The Hall–Kier alpha value is -1.67. The van der Waals surface area contributed by atoms with Crippen LogP contribution < -0.4 is 5.73 Å². The maximum atomic E-state index is 6.37. The maximum Gasteiger partial charge on any atom is 0.0339 e. The summed E-state index contributed by atoms with van der Waals surface area (Å²) in [6.07, 6.45) is 5.60. The zero-order chi connectivity index (χ0) is 14.5. The molecule has 0 fully saturated rings. The van der Waals surface area contributed by atoms with Gasteiger partial charge in [0, 0.05) is 18.4 Å². The molecule has 0 amide bonds. The van der Waals surface area contributed by atoms with Crippen molar-refractivity contribution in [1.82, 2.24) is 4.98 Å². The van der Waals surface area contributed by atoms with Crippen LogP contribution in [-0.2, 0) is 12.8 Å². The van der Waals surface area contributed by atoms with Crippen LogP contribution in [0.2, 0.25) is 0 Å². The van der Waals surface area contributed by atoms with Crippen molar-refractivity contribution in [2.45, 2.75) is 45.6 Å². The van der Waals surface area contributed by atoms with Crippen LogP contribution in [0.25, 0.3) is 0 Å². The zero-order valence-corrected chi connectivity index (χ0v) is 12.6. The third-order valence-corrected chi connectivity index (χ3v) is 3.82. The fourth-order valence-electron chi connectivity index (χ4n) is 2.50. The first kappa shape index (κ1) is 14.7. The lowest BCUT2D eigenvalue weighted by atomic mass is 9.94. The van der Waals surface area contributed by atoms with Crippen molar-refractivity contribution in [1.29, 1.82) is 0 Å². The highest BCUT2D eigenvalue weighted by Crippen LogP contribution is 2.21. The number of pyridine rings is 1. The van der Waals surface area contributed by atoms with Crippen LogP contribution in [-0.4, -0.2) is 4.98 Å². The van der Waals surface area contributed by atoms with E-state index in [1.165, 1.54) is 22.3 Å². The van der Waals surface area contributed by atoms with Crippen LogP contribution in [0.3, 0.4) is 0 Å². The van der Waals surface area contributed by atoms with Crippen LogP contribution in [0.5, 0.6) is 0 Å². The molecule has 1 aromatic carbocycles. The lowest BCUT2D eigenvalue weighted by molar-refractivity contribution is 0.709. The highest BCUT2D eigenvalue weighted by molar-refractivity contribution is 5.30. The first-order chi connectivity index (χ1) is 9.61. The minimum Gasteiger partial charge on any atom is -0.324 e. The summed E-state index contributed by atoms with van der Waals surface area (Å²) in [7, 11) is 0. The molecule has 0 spiro atoms. The highest BCUT2D eigenvalue weighted by Gasteiger charge is 2.11. The summed E-state index contributed by atoms with van der Waals surface area (Å²) in [5.41, 5.74) is 11.5. The quantitative estimate of drug-likeness (QED) is 0.890. The summed E-state index contributed by atoms with van der Waals surface area (Å²) in [6, 6.07) is 10.9. The Morgan fingerprint density at radius 3 is 2.40 bits per heavy atom. The van der Waals surface area contributed by atoms with Crippen molar-refractivity contribution in [2.24, 2.45) is 5.73 Å². The van der Waals surface area contributed by atoms with Gasteiger partial charge in [0.15, 0.2) is 0 Å². The molecule has 0 radical (unpaired) electrons. The van der Waals surface area contributed by atoms with Gasteiger partial charge in [-0.2, -0.15) is 0 Å². The van der Waals surface area contributed by atoms with Crippen molar-refractivity contribution in [3.63, 3.8) is 0 Å². The largest absolute Gasteiger partial charge is 0.324 e. The van der Waals surface area contributed by atoms with Gasteiger partial charge in [0.2, 0.25) is 0 Å². The summed E-state index contributed by atoms with van der Waals surface area (Å²) in [4.78, 5) is 4.18. The second-order valence-electron chi connectivity index (χ2n) is 5.63. The summed E-state index contributed by atoms with van der Waals surface area (Å²) in [5.74, 6) is 0.574. The van der Waals surface area contributed by atoms with Gasteiger partial charge in [0.25, 0.3) is 0 Å². The number of hydrogen-bond acceptors (Lipinski definition) is 2. The fourth-order valence-corrected chi connectivity index (χ4v) is 2.50. The molecule has 2 nitrogen and oxygen atoms in total. The van der Waals surface area contributed by atoms with E-state index in [0.29, 0.717) is 5.92 Å². The molecule has 0 saturated heterocycles. The Kier molecular flexibility index (Phi) is 4.91. The molecule has 106 valence electrons. The maximum absolute atomic E-state index is 6.37. The Morgan fingerprint density at radius 2 is 1.80 bits per heavy atom. The molecule has 0 saturated carbocycles. The van der Waals surface area contributed by atoms with Crippen LogP contribution >= 0.6 is 0 Å². The molecule has 0 aliphatic heterocycles. The molecule has 0 bridgehead atoms. The molecular formula is C18H24N2. The first-order valence-electron chi connectivity index (χ1n) is 7.39. The fraction of sp³-hybridized carbons (Fsp3) is 0.389. The van der Waals surface area contributed by atoms with Gasteiger partial charge in [0.05, 0.1) is 0 Å². The molecule has 2 aromatic rings. The van der Waals surface area contributed by atoms with Crippen molar-refractivity contribution in [2.75, 3.05) is 0 Å². The van der Waals surface area contributed by atoms with Gasteiger partial charge in [-0.15, -0.1) is 0 Å². The summed E-state index contributed by atoms with van der Waals surface area (Å²) < 4.78 is 0. The van der Waals surface area contributed by atoms with Gasteiger partial charge < -0.3 is 5.73 Å². The molecule has 2 rings (SSSR count). The van der Waals surface area contributed by atoms with E-state index in [4.69, 9.17) is 5.73 Å². The van der Waals surface area contributed by atoms with Gasteiger partial charge in [-0.05, 0) is 47.1 Å². The van der Waals surface area contributed by atoms with Crippen LogP contribution in [0.4, 0.5) is 0 Å². The summed E-state index contributed by atoms with van der Waals surface area (Å²) >= 11 is 0. The average Bonchev–Trinajstić information content (AvgIpc) is 2.47. The van der Waals surface area contributed by atoms with Gasteiger partial charge >= 0.3 is 0 Å². The number of rotatable bonds is 5. The van der Waals surface area contributed by atoms with Crippen LogP contribution in [0, 0.1) is 0 Å². The smallest absolute Gasteiger partial charge is 0.0339 e. The Balaban J connectivity index is 2.13. The number of aromatic nitrogens is 1. The third-order valence-electron chi connectivity index (χ3n) is 3.82. The molecule has 1 heterocycles. The minimum absolute atomic E-state index is 0.0397. The van der Waals surface area contributed by atoms with E-state index in [2.05, 4.69) is 50.0 Å². The van der Waals surface area contributed by atoms with Crippen molar-refractivity contribution in [3.05, 3.63) is 65.0 Å². The van der Waals surface area contributed by atoms with Crippen LogP contribution in [0.1, 0.15) is 55.0 Å². The molecule has 2 heteroatoms. The molecule has 20 heavy (non-hydrogen) atoms. The number of benzene rings is 1. The molecule has 0 aliphatic rings. The topological polar surface area (TPSA) is 38.9 Å². The average molecular weight is 268 g/mol. The SMILES string of the molecule is CCc1cnccc1C(N)Cc1ccc(C(C)C)cc1. The van der Waals surface area contributed by atoms with E-state index >= 15 is 0 Å². The number of aryl methyl sites for hydroxylation is 1. The Bertz CT molecular complexity index is 544. The van der Waals surface area contributed by atoms with E-state index in [1.807, 2.05) is 18.5 Å². The summed E-state index contributed by atoms with van der Waals surface area (Å²) in [6.45, 7) is 6.57. The van der Waals surface area contributed by atoms with E-state index in [0.717, 1.165) is 12.8 Å². The van der Waals surface area contributed by atoms with Gasteiger partial charge in [-0.1, -0.05) is 45.0 Å².